The van der Waals surface area contributed by atoms with Crippen LogP contribution in [0.15, 0.2) is 47.2 Å². The number of amides is 1. The Morgan fingerprint density at radius 2 is 2.00 bits per heavy atom. The zero-order valence-corrected chi connectivity index (χ0v) is 11.9. The average Bonchev–Trinajstić information content (AvgIpc) is 2.43. The van der Waals surface area contributed by atoms with Gasteiger partial charge in [0, 0.05) is 41.6 Å². The minimum absolute atomic E-state index is 0.165. The fourth-order valence-corrected chi connectivity index (χ4v) is 2.12. The van der Waals surface area contributed by atoms with Gasteiger partial charge in [-0.25, -0.2) is 4.39 Å². The highest BCUT2D eigenvalue weighted by Gasteiger charge is 2.13. The van der Waals surface area contributed by atoms with Crippen molar-refractivity contribution in [2.45, 2.75) is 6.54 Å². The third kappa shape index (κ3) is 3.38. The largest absolute Gasteiger partial charge is 0.337 e. The van der Waals surface area contributed by atoms with Crippen LogP contribution >= 0.6 is 15.9 Å². The molecule has 1 aromatic heterocycles. The Balaban J connectivity index is 2.15. The highest BCUT2D eigenvalue weighted by atomic mass is 79.9. The summed E-state index contributed by atoms with van der Waals surface area (Å²) in [6, 6.07) is 7.95. The molecule has 0 spiro atoms. The Hall–Kier alpha value is -1.75. The van der Waals surface area contributed by atoms with Gasteiger partial charge in [0.05, 0.1) is 0 Å². The summed E-state index contributed by atoms with van der Waals surface area (Å²) in [5.41, 5.74) is 1.01. The van der Waals surface area contributed by atoms with Crippen LogP contribution in [0, 0.1) is 5.82 Å². The Morgan fingerprint density at radius 3 is 2.68 bits per heavy atom. The van der Waals surface area contributed by atoms with Gasteiger partial charge in [0.2, 0.25) is 0 Å². The molecule has 3 nitrogen and oxygen atoms in total. The molecule has 0 radical (unpaired) electrons. The van der Waals surface area contributed by atoms with E-state index in [0.717, 1.165) is 4.47 Å². The number of carbonyl (C=O) groups is 1. The van der Waals surface area contributed by atoms with Crippen molar-refractivity contribution >= 4 is 21.8 Å². The van der Waals surface area contributed by atoms with Gasteiger partial charge in [0.25, 0.3) is 5.91 Å². The van der Waals surface area contributed by atoms with Crippen molar-refractivity contribution in [2.75, 3.05) is 7.05 Å². The third-order valence-corrected chi connectivity index (χ3v) is 3.18. The lowest BCUT2D eigenvalue weighted by Crippen LogP contribution is -2.26. The second-order valence-corrected chi connectivity index (χ2v) is 5.05. The summed E-state index contributed by atoms with van der Waals surface area (Å²) in [5, 5.41) is 0. The van der Waals surface area contributed by atoms with Crippen molar-refractivity contribution < 1.29 is 9.18 Å². The van der Waals surface area contributed by atoms with Crippen LogP contribution in [-0.4, -0.2) is 22.8 Å². The van der Waals surface area contributed by atoms with Crippen molar-refractivity contribution in [2.24, 2.45) is 0 Å². The average molecular weight is 323 g/mol. The van der Waals surface area contributed by atoms with E-state index < -0.39 is 0 Å². The first-order valence-corrected chi connectivity index (χ1v) is 6.46. The molecule has 19 heavy (non-hydrogen) atoms. The molecule has 0 atom stereocenters. The molecular weight excluding hydrogens is 311 g/mol. The van der Waals surface area contributed by atoms with E-state index in [2.05, 4.69) is 20.9 Å². The number of benzene rings is 1. The van der Waals surface area contributed by atoms with E-state index in [4.69, 9.17) is 0 Å². The molecule has 2 rings (SSSR count). The zero-order valence-electron chi connectivity index (χ0n) is 10.3. The molecular formula is C14H12BrFN2O. The molecule has 0 unspecified atom stereocenters. The lowest BCUT2D eigenvalue weighted by molar-refractivity contribution is 0.0783. The maximum absolute atomic E-state index is 13.6. The van der Waals surface area contributed by atoms with Gasteiger partial charge < -0.3 is 4.90 Å². The predicted molar refractivity (Wildman–Crippen MR) is 74.1 cm³/mol. The Morgan fingerprint density at radius 1 is 1.32 bits per heavy atom. The summed E-state index contributed by atoms with van der Waals surface area (Å²) >= 11 is 3.29. The number of rotatable bonds is 3. The van der Waals surface area contributed by atoms with Crippen LogP contribution in [0.3, 0.4) is 0 Å². The molecule has 0 N–H and O–H groups in total. The number of pyridine rings is 1. The zero-order chi connectivity index (χ0) is 13.8. The van der Waals surface area contributed by atoms with Crippen LogP contribution in [0.1, 0.15) is 15.9 Å². The van der Waals surface area contributed by atoms with E-state index in [9.17, 15) is 9.18 Å². The lowest BCUT2D eigenvalue weighted by Gasteiger charge is -2.17. The molecule has 98 valence electrons. The fourth-order valence-electron chi connectivity index (χ4n) is 1.71. The van der Waals surface area contributed by atoms with E-state index >= 15 is 0 Å². The first-order chi connectivity index (χ1) is 9.08. The smallest absolute Gasteiger partial charge is 0.254 e. The van der Waals surface area contributed by atoms with Crippen molar-refractivity contribution in [3.63, 3.8) is 0 Å². The topological polar surface area (TPSA) is 33.2 Å². The van der Waals surface area contributed by atoms with Gasteiger partial charge in [0.15, 0.2) is 0 Å². The number of aromatic nitrogens is 1. The number of hydrogen-bond donors (Lipinski definition) is 0. The molecule has 1 aromatic carbocycles. The summed E-state index contributed by atoms with van der Waals surface area (Å²) in [4.78, 5) is 17.4. The molecule has 0 bridgehead atoms. The van der Waals surface area contributed by atoms with Crippen LogP contribution in [0.5, 0.6) is 0 Å². The van der Waals surface area contributed by atoms with Gasteiger partial charge in [-0.1, -0.05) is 15.9 Å². The van der Waals surface area contributed by atoms with Crippen LogP contribution in [0.2, 0.25) is 0 Å². The standard InChI is InChI=1S/C14H12BrFN2O/c1-18(14(19)10-4-6-17-7-5-10)9-11-8-12(15)2-3-13(11)16/h2-8H,9H2,1H3. The number of hydrogen-bond acceptors (Lipinski definition) is 2. The summed E-state index contributed by atoms with van der Waals surface area (Å²) in [6.45, 7) is 0.215. The molecule has 1 amide bonds. The normalized spacial score (nSPS) is 10.3. The van der Waals surface area contributed by atoms with E-state index in [1.54, 1.807) is 43.7 Å². The second kappa shape index (κ2) is 5.93. The van der Waals surface area contributed by atoms with Gasteiger partial charge >= 0.3 is 0 Å². The second-order valence-electron chi connectivity index (χ2n) is 4.13. The van der Waals surface area contributed by atoms with Crippen LogP contribution in [-0.2, 0) is 6.54 Å². The summed E-state index contributed by atoms with van der Waals surface area (Å²) in [6.07, 6.45) is 3.11. The number of carbonyl (C=O) groups excluding carboxylic acids is 1. The SMILES string of the molecule is CN(Cc1cc(Br)ccc1F)C(=O)c1ccncc1. The molecule has 0 saturated carbocycles. The van der Waals surface area contributed by atoms with Crippen molar-refractivity contribution in [3.8, 4) is 0 Å². The minimum atomic E-state index is -0.322. The molecule has 0 aliphatic heterocycles. The first-order valence-electron chi connectivity index (χ1n) is 5.67. The van der Waals surface area contributed by atoms with Crippen molar-refractivity contribution in [3.05, 3.63) is 64.1 Å². The van der Waals surface area contributed by atoms with E-state index in [0.29, 0.717) is 11.1 Å². The third-order valence-electron chi connectivity index (χ3n) is 2.69. The Bertz CT molecular complexity index is 589. The Labute approximate surface area is 119 Å². The van der Waals surface area contributed by atoms with E-state index in [1.807, 2.05) is 0 Å². The molecule has 1 heterocycles. The lowest BCUT2D eigenvalue weighted by atomic mass is 10.2. The number of halogens is 2. The molecule has 0 saturated heterocycles. The van der Waals surface area contributed by atoms with E-state index in [-0.39, 0.29) is 18.3 Å². The van der Waals surface area contributed by atoms with Gasteiger partial charge in [0.1, 0.15) is 5.82 Å². The van der Waals surface area contributed by atoms with Gasteiger partial charge in [-0.2, -0.15) is 0 Å². The molecule has 5 heteroatoms. The van der Waals surface area contributed by atoms with Crippen molar-refractivity contribution in [1.29, 1.82) is 0 Å². The van der Waals surface area contributed by atoms with Crippen molar-refractivity contribution in [1.82, 2.24) is 9.88 Å². The maximum Gasteiger partial charge on any atom is 0.254 e. The van der Waals surface area contributed by atoms with E-state index in [1.165, 1.54) is 11.0 Å². The summed E-state index contributed by atoms with van der Waals surface area (Å²) < 4.78 is 14.4. The van der Waals surface area contributed by atoms with Gasteiger partial charge in [-0.3, -0.25) is 9.78 Å². The monoisotopic (exact) mass is 322 g/mol. The van der Waals surface area contributed by atoms with Crippen LogP contribution < -0.4 is 0 Å². The predicted octanol–water partition coefficient (Wildman–Crippen LogP) is 3.26. The van der Waals surface area contributed by atoms with Crippen LogP contribution in [0.4, 0.5) is 4.39 Å². The van der Waals surface area contributed by atoms with Gasteiger partial charge in [-0.15, -0.1) is 0 Å². The summed E-state index contributed by atoms with van der Waals surface area (Å²) in [5.74, 6) is -0.487. The fraction of sp³-hybridized carbons (Fsp3) is 0.143. The number of nitrogens with zero attached hydrogens (tertiary/aromatic N) is 2. The van der Waals surface area contributed by atoms with Gasteiger partial charge in [-0.05, 0) is 30.3 Å². The highest BCUT2D eigenvalue weighted by molar-refractivity contribution is 9.10. The minimum Gasteiger partial charge on any atom is -0.337 e. The first kappa shape index (κ1) is 13.7. The maximum atomic E-state index is 13.6. The highest BCUT2D eigenvalue weighted by Crippen LogP contribution is 2.17. The Kier molecular flexibility index (Phi) is 4.27. The summed E-state index contributed by atoms with van der Waals surface area (Å²) in [7, 11) is 1.64. The molecule has 0 aliphatic carbocycles. The molecule has 0 fully saturated rings. The molecule has 0 aliphatic rings. The molecule has 2 aromatic rings. The quantitative estimate of drug-likeness (QED) is 0.869. The van der Waals surface area contributed by atoms with Crippen LogP contribution in [0.25, 0.3) is 0 Å².